The van der Waals surface area contributed by atoms with E-state index in [0.29, 0.717) is 12.2 Å². The number of aromatic nitrogens is 3. The van der Waals surface area contributed by atoms with Crippen molar-refractivity contribution in [2.45, 2.75) is 25.7 Å². The highest BCUT2D eigenvalue weighted by atomic mass is 35.5. The van der Waals surface area contributed by atoms with Gasteiger partial charge in [0, 0.05) is 43.2 Å². The Hall–Kier alpha value is -1.65. The Kier molecular flexibility index (Phi) is 5.51. The zero-order chi connectivity index (χ0) is 16.6. The van der Waals surface area contributed by atoms with E-state index in [0.717, 1.165) is 40.9 Å². The highest BCUT2D eigenvalue weighted by molar-refractivity contribution is 7.09. The maximum atomic E-state index is 12.6. The van der Waals surface area contributed by atoms with E-state index < -0.39 is 11.9 Å². The summed E-state index contributed by atoms with van der Waals surface area (Å²) in [5.41, 5.74) is 1.12. The molecule has 0 aliphatic carbocycles. The second kappa shape index (κ2) is 7.08. The van der Waals surface area contributed by atoms with Crippen molar-refractivity contribution in [1.82, 2.24) is 25.4 Å². The van der Waals surface area contributed by atoms with Gasteiger partial charge in [0.15, 0.2) is 11.4 Å². The third-order valence-electron chi connectivity index (χ3n) is 3.57. The van der Waals surface area contributed by atoms with E-state index in [-0.39, 0.29) is 29.9 Å². The third-order valence-corrected chi connectivity index (χ3v) is 4.40. The first-order valence-electron chi connectivity index (χ1n) is 6.90. The fourth-order valence-electron chi connectivity index (χ4n) is 2.37. The number of rotatable bonds is 3. The Morgan fingerprint density at radius 1 is 1.46 bits per heavy atom. The summed E-state index contributed by atoms with van der Waals surface area (Å²) in [5.74, 6) is -0.338. The van der Waals surface area contributed by atoms with Gasteiger partial charge in [-0.15, -0.1) is 23.7 Å². The first-order chi connectivity index (χ1) is 10.9. The van der Waals surface area contributed by atoms with Crippen LogP contribution in [0.4, 0.5) is 13.2 Å². The number of fused-ring (bicyclic) bond motifs is 1. The number of nitrogens with zero attached hydrogens (tertiary/aromatic N) is 3. The molecule has 0 spiro atoms. The van der Waals surface area contributed by atoms with Gasteiger partial charge in [-0.25, -0.2) is 4.98 Å². The molecule has 11 heteroatoms. The van der Waals surface area contributed by atoms with Gasteiger partial charge in [0.1, 0.15) is 5.01 Å². The van der Waals surface area contributed by atoms with Crippen LogP contribution in [-0.4, -0.2) is 39.6 Å². The van der Waals surface area contributed by atoms with Gasteiger partial charge in [-0.3, -0.25) is 9.89 Å². The van der Waals surface area contributed by atoms with E-state index in [9.17, 15) is 18.0 Å². The van der Waals surface area contributed by atoms with Crippen LogP contribution in [0.1, 0.15) is 32.4 Å². The number of carbonyl (C=O) groups is 1. The highest BCUT2D eigenvalue weighted by Gasteiger charge is 2.34. The normalized spacial score (nSPS) is 14.0. The molecule has 3 rings (SSSR count). The van der Waals surface area contributed by atoms with E-state index >= 15 is 0 Å². The van der Waals surface area contributed by atoms with Gasteiger partial charge in [-0.1, -0.05) is 0 Å². The van der Waals surface area contributed by atoms with Crippen LogP contribution in [0.25, 0.3) is 0 Å². The van der Waals surface area contributed by atoms with Crippen LogP contribution in [0.5, 0.6) is 0 Å². The molecular formula is C13H15ClF3N5OS. The van der Waals surface area contributed by atoms with Crippen LogP contribution in [0.3, 0.4) is 0 Å². The van der Waals surface area contributed by atoms with Crippen LogP contribution in [0, 0.1) is 0 Å². The molecule has 0 saturated carbocycles. The van der Waals surface area contributed by atoms with Crippen LogP contribution >= 0.6 is 23.7 Å². The molecule has 2 aromatic rings. The van der Waals surface area contributed by atoms with Crippen molar-refractivity contribution in [2.24, 2.45) is 0 Å². The van der Waals surface area contributed by atoms with Gasteiger partial charge in [0.25, 0.3) is 5.91 Å². The number of alkyl halides is 3. The van der Waals surface area contributed by atoms with E-state index in [4.69, 9.17) is 0 Å². The quantitative estimate of drug-likeness (QED) is 0.855. The summed E-state index contributed by atoms with van der Waals surface area (Å²) in [6.07, 6.45) is -3.70. The topological polar surface area (TPSA) is 73.9 Å². The molecule has 2 N–H and O–H groups in total. The van der Waals surface area contributed by atoms with Gasteiger partial charge < -0.3 is 10.2 Å². The molecule has 1 amide bonds. The zero-order valence-electron chi connectivity index (χ0n) is 12.6. The fraction of sp³-hybridized carbons (Fsp3) is 0.462. The molecule has 0 unspecified atom stereocenters. The molecule has 0 atom stereocenters. The summed E-state index contributed by atoms with van der Waals surface area (Å²) in [7, 11) is 1.52. The molecular weight excluding hydrogens is 367 g/mol. The lowest BCUT2D eigenvalue weighted by Gasteiger charge is -2.17. The molecule has 6 nitrogen and oxygen atoms in total. The summed E-state index contributed by atoms with van der Waals surface area (Å²) in [5, 5.41) is 11.3. The van der Waals surface area contributed by atoms with Gasteiger partial charge in [-0.2, -0.15) is 18.3 Å². The van der Waals surface area contributed by atoms with Gasteiger partial charge >= 0.3 is 6.18 Å². The predicted molar refractivity (Wildman–Crippen MR) is 84.2 cm³/mol. The van der Waals surface area contributed by atoms with Crippen LogP contribution in [0.15, 0.2) is 5.38 Å². The maximum Gasteiger partial charge on any atom is 0.434 e. The summed E-state index contributed by atoms with van der Waals surface area (Å²) >= 11 is 0.883. The summed E-state index contributed by atoms with van der Waals surface area (Å²) in [4.78, 5) is 17.3. The summed E-state index contributed by atoms with van der Waals surface area (Å²) < 4.78 is 37.7. The van der Waals surface area contributed by atoms with Crippen molar-refractivity contribution < 1.29 is 18.0 Å². The smallest absolute Gasteiger partial charge is 0.334 e. The number of aromatic amines is 1. The third kappa shape index (κ3) is 3.70. The first kappa shape index (κ1) is 18.7. The van der Waals surface area contributed by atoms with E-state index in [2.05, 4.69) is 20.5 Å². The maximum absolute atomic E-state index is 12.6. The number of hydrogen-bond donors (Lipinski definition) is 2. The molecule has 0 saturated heterocycles. The minimum absolute atomic E-state index is 0. The van der Waals surface area contributed by atoms with Gasteiger partial charge in [-0.05, 0) is 0 Å². The van der Waals surface area contributed by atoms with Crippen molar-refractivity contribution >= 4 is 29.7 Å². The van der Waals surface area contributed by atoms with Crippen molar-refractivity contribution in [1.29, 1.82) is 0 Å². The lowest BCUT2D eigenvalue weighted by atomic mass is 10.1. The highest BCUT2D eigenvalue weighted by Crippen LogP contribution is 2.30. The predicted octanol–water partition coefficient (Wildman–Crippen LogP) is 2.22. The van der Waals surface area contributed by atoms with E-state index in [1.165, 1.54) is 11.9 Å². The minimum Gasteiger partial charge on any atom is -0.334 e. The van der Waals surface area contributed by atoms with Crippen molar-refractivity contribution in [3.05, 3.63) is 33.0 Å². The Balaban J connectivity index is 0.00000208. The fourth-order valence-corrected chi connectivity index (χ4v) is 3.22. The molecule has 0 bridgehead atoms. The second-order valence-electron chi connectivity index (χ2n) is 5.24. The lowest BCUT2D eigenvalue weighted by molar-refractivity contribution is -0.140. The second-order valence-corrected chi connectivity index (χ2v) is 6.18. The standard InChI is InChI=1S/C13H14F3N5OS.ClH/c1-21(5-10-18-9(6-23-10)13(14,15)16)12(22)11-7-4-17-3-2-8(7)19-20-11;/h6,17H,2-5H2,1H3,(H,19,20);1H. The molecule has 0 fully saturated rings. The molecule has 1 aliphatic heterocycles. The minimum atomic E-state index is -4.47. The SMILES string of the molecule is CN(Cc1nc(C(F)(F)F)cs1)C(=O)c1n[nH]c2c1CNCC2.Cl. The number of carbonyl (C=O) groups excluding carboxylic acids is 1. The molecule has 132 valence electrons. The summed E-state index contributed by atoms with van der Waals surface area (Å²) in [6.45, 7) is 1.38. The van der Waals surface area contributed by atoms with E-state index in [1.54, 1.807) is 0 Å². The van der Waals surface area contributed by atoms with Crippen molar-refractivity contribution in [2.75, 3.05) is 13.6 Å². The number of H-pyrrole nitrogens is 1. The van der Waals surface area contributed by atoms with Crippen LogP contribution < -0.4 is 5.32 Å². The van der Waals surface area contributed by atoms with Gasteiger partial charge in [0.05, 0.1) is 6.54 Å². The van der Waals surface area contributed by atoms with Crippen LogP contribution in [-0.2, 0) is 25.7 Å². The average molecular weight is 382 g/mol. The largest absolute Gasteiger partial charge is 0.434 e. The Labute approximate surface area is 145 Å². The monoisotopic (exact) mass is 381 g/mol. The molecule has 3 heterocycles. The van der Waals surface area contributed by atoms with Crippen LogP contribution in [0.2, 0.25) is 0 Å². The molecule has 0 aromatic carbocycles. The van der Waals surface area contributed by atoms with E-state index in [1.807, 2.05) is 0 Å². The molecule has 0 radical (unpaired) electrons. The van der Waals surface area contributed by atoms with Crippen molar-refractivity contribution in [3.8, 4) is 0 Å². The Bertz CT molecular complexity index is 730. The average Bonchev–Trinajstić information content (AvgIpc) is 3.12. The lowest BCUT2D eigenvalue weighted by Crippen LogP contribution is -2.30. The molecule has 2 aromatic heterocycles. The number of amides is 1. The first-order valence-corrected chi connectivity index (χ1v) is 7.78. The van der Waals surface area contributed by atoms with Gasteiger partial charge in [0.2, 0.25) is 0 Å². The number of halogens is 4. The number of hydrogen-bond acceptors (Lipinski definition) is 5. The Morgan fingerprint density at radius 3 is 2.88 bits per heavy atom. The zero-order valence-corrected chi connectivity index (χ0v) is 14.2. The van der Waals surface area contributed by atoms with Crippen molar-refractivity contribution in [3.63, 3.8) is 0 Å². The summed E-state index contributed by atoms with van der Waals surface area (Å²) in [6, 6.07) is 0. The molecule has 24 heavy (non-hydrogen) atoms. The Morgan fingerprint density at radius 2 is 2.21 bits per heavy atom. The number of thiazole rings is 1. The number of nitrogens with one attached hydrogen (secondary N) is 2. The molecule has 1 aliphatic rings.